The van der Waals surface area contributed by atoms with E-state index in [1.54, 1.807) is 17.8 Å². The molecule has 0 aromatic heterocycles. The van der Waals surface area contributed by atoms with Crippen LogP contribution in [0.2, 0.25) is 0 Å². The summed E-state index contributed by atoms with van der Waals surface area (Å²) in [7, 11) is -0.889. The molecule has 0 fully saturated rings. The number of hydrogen-bond donors (Lipinski definition) is 2. The van der Waals surface area contributed by atoms with Gasteiger partial charge in [0.25, 0.3) is 0 Å². The summed E-state index contributed by atoms with van der Waals surface area (Å²) in [5.41, 5.74) is 7.48. The van der Waals surface area contributed by atoms with E-state index in [-0.39, 0.29) is 12.3 Å². The van der Waals surface area contributed by atoms with Crippen molar-refractivity contribution < 1.29 is 18.6 Å². The Balaban J connectivity index is 2.49. The maximum atomic E-state index is 11.7. The van der Waals surface area contributed by atoms with Crippen LogP contribution >= 0.6 is 19.9 Å². The molecule has 130 valence electrons. The topological polar surface area (TPSA) is 90.6 Å². The van der Waals surface area contributed by atoms with Crippen molar-refractivity contribution in [1.82, 2.24) is 5.09 Å². The minimum atomic E-state index is -2.14. The first kappa shape index (κ1) is 20.2. The molecule has 3 N–H and O–H groups in total. The summed E-state index contributed by atoms with van der Waals surface area (Å²) in [6.45, 7) is 3.90. The summed E-state index contributed by atoms with van der Waals surface area (Å²) >= 11 is 1.76. The first-order chi connectivity index (χ1) is 11.5. The number of carbonyl (C=O) groups excluding carboxylic acids is 1. The Morgan fingerprint density at radius 2 is 2.04 bits per heavy atom. The van der Waals surface area contributed by atoms with Crippen molar-refractivity contribution in [2.75, 3.05) is 19.4 Å². The van der Waals surface area contributed by atoms with Gasteiger partial charge in [0, 0.05) is 15.2 Å². The van der Waals surface area contributed by atoms with Crippen LogP contribution in [0.1, 0.15) is 19.4 Å². The van der Waals surface area contributed by atoms with Gasteiger partial charge >= 0.3 is 14.1 Å². The van der Waals surface area contributed by atoms with Crippen LogP contribution in [0.4, 0.5) is 0 Å². The molecule has 0 saturated heterocycles. The molecule has 1 aromatic carbocycles. The highest BCUT2D eigenvalue weighted by Gasteiger charge is 2.18. The molecular weight excluding hydrogens is 347 g/mol. The molecule has 1 aromatic rings. The zero-order valence-electron chi connectivity index (χ0n) is 13.9. The van der Waals surface area contributed by atoms with Crippen molar-refractivity contribution in [3.05, 3.63) is 47.7 Å². The molecule has 0 heterocycles. The highest BCUT2D eigenvalue weighted by molar-refractivity contribution is 7.99. The van der Waals surface area contributed by atoms with Gasteiger partial charge in [-0.25, -0.2) is 9.32 Å². The third kappa shape index (κ3) is 7.64. The van der Waals surface area contributed by atoms with Gasteiger partial charge < -0.3 is 10.5 Å². The van der Waals surface area contributed by atoms with E-state index in [0.717, 1.165) is 17.4 Å². The van der Waals surface area contributed by atoms with Crippen LogP contribution in [0.25, 0.3) is 5.70 Å². The van der Waals surface area contributed by atoms with Gasteiger partial charge in [0.1, 0.15) is 0 Å². The summed E-state index contributed by atoms with van der Waals surface area (Å²) in [6.07, 6.45) is 2.84. The predicted molar refractivity (Wildman–Crippen MR) is 97.5 cm³/mol. The molecule has 0 radical (unpaired) electrons. The minimum Gasteiger partial charge on any atom is -0.466 e. The molecule has 0 aliphatic heterocycles. The number of rotatable bonds is 9. The van der Waals surface area contributed by atoms with Crippen LogP contribution in [0.3, 0.4) is 0 Å². The van der Waals surface area contributed by atoms with E-state index < -0.39 is 14.1 Å². The number of carbonyl (C=O) groups is 1. The van der Waals surface area contributed by atoms with Crippen LogP contribution in [0.15, 0.2) is 47.1 Å². The second kappa shape index (κ2) is 10.9. The van der Waals surface area contributed by atoms with Crippen molar-refractivity contribution in [3.63, 3.8) is 0 Å². The molecular formula is C16H22N2O4PS+. The third-order valence-electron chi connectivity index (χ3n) is 2.79. The average Bonchev–Trinajstić information content (AvgIpc) is 2.55. The second-order valence-corrected chi connectivity index (χ2v) is 6.96. The largest absolute Gasteiger partial charge is 0.663 e. The molecule has 0 amide bonds. The van der Waals surface area contributed by atoms with E-state index in [1.807, 2.05) is 24.3 Å². The quantitative estimate of drug-likeness (QED) is 0.226. The van der Waals surface area contributed by atoms with Crippen molar-refractivity contribution in [3.8, 4) is 0 Å². The molecule has 0 saturated carbocycles. The molecule has 0 aliphatic rings. The fraction of sp³-hybridized carbons (Fsp3) is 0.312. The standard InChI is InChI=1S/C16H22N2O4PS/c1-4-24-14-7-5-13(6-8-14)15(17)9-10-18-23(20)22-12(2)11-16(19)21-3/h5-9,11H,4,10,17H2,1-3H3,(H,18,20)/q+1. The molecule has 0 bridgehead atoms. The highest BCUT2D eigenvalue weighted by Crippen LogP contribution is 2.22. The summed E-state index contributed by atoms with van der Waals surface area (Å²) in [5, 5.41) is 2.67. The minimum absolute atomic E-state index is 0.205. The lowest BCUT2D eigenvalue weighted by atomic mass is 10.1. The number of esters is 1. The van der Waals surface area contributed by atoms with Crippen LogP contribution in [-0.2, 0) is 18.6 Å². The van der Waals surface area contributed by atoms with E-state index >= 15 is 0 Å². The fourth-order valence-electron chi connectivity index (χ4n) is 1.67. The lowest BCUT2D eigenvalue weighted by molar-refractivity contribution is -0.135. The van der Waals surface area contributed by atoms with Gasteiger partial charge in [-0.3, -0.25) is 0 Å². The van der Waals surface area contributed by atoms with E-state index in [2.05, 4.69) is 16.7 Å². The Morgan fingerprint density at radius 1 is 1.38 bits per heavy atom. The van der Waals surface area contributed by atoms with Gasteiger partial charge in [0.05, 0.1) is 19.7 Å². The lowest BCUT2D eigenvalue weighted by Crippen LogP contribution is -2.07. The molecule has 1 rings (SSSR count). The van der Waals surface area contributed by atoms with Gasteiger partial charge in [-0.1, -0.05) is 24.1 Å². The van der Waals surface area contributed by atoms with E-state index in [0.29, 0.717) is 5.70 Å². The zero-order valence-corrected chi connectivity index (χ0v) is 15.7. The number of allylic oxidation sites excluding steroid dienone is 1. The summed E-state index contributed by atoms with van der Waals surface area (Å²) in [6, 6.07) is 7.93. The monoisotopic (exact) mass is 369 g/mol. The van der Waals surface area contributed by atoms with Crippen molar-refractivity contribution in [2.45, 2.75) is 18.7 Å². The molecule has 1 unspecified atom stereocenters. The molecule has 24 heavy (non-hydrogen) atoms. The molecule has 1 atom stereocenters. The third-order valence-corrected chi connectivity index (χ3v) is 4.58. The van der Waals surface area contributed by atoms with Gasteiger partial charge in [0.2, 0.25) is 0 Å². The van der Waals surface area contributed by atoms with Crippen LogP contribution < -0.4 is 10.8 Å². The first-order valence-electron chi connectivity index (χ1n) is 7.30. The van der Waals surface area contributed by atoms with Gasteiger partial charge in [-0.05, 0) is 36.4 Å². The van der Waals surface area contributed by atoms with Crippen LogP contribution in [-0.4, -0.2) is 25.4 Å². The number of ether oxygens (including phenoxy) is 1. The Bertz CT molecular complexity index is 629. The molecule has 6 nitrogen and oxygen atoms in total. The molecule has 0 spiro atoms. The maximum absolute atomic E-state index is 11.7. The summed E-state index contributed by atoms with van der Waals surface area (Å²) < 4.78 is 21.2. The molecule has 8 heteroatoms. The average molecular weight is 369 g/mol. The zero-order chi connectivity index (χ0) is 17.9. The number of thioether (sulfide) groups is 1. The van der Waals surface area contributed by atoms with Crippen LogP contribution in [0, 0.1) is 0 Å². The lowest BCUT2D eigenvalue weighted by Gasteiger charge is -2.03. The predicted octanol–water partition coefficient (Wildman–Crippen LogP) is 3.44. The number of methoxy groups -OCH3 is 1. The number of benzene rings is 1. The Labute approximate surface area is 147 Å². The van der Waals surface area contributed by atoms with Gasteiger partial charge in [-0.15, -0.1) is 11.8 Å². The Hall–Kier alpha value is -1.82. The summed E-state index contributed by atoms with van der Waals surface area (Å²) in [5.74, 6) is 0.659. The normalized spacial score (nSPS) is 12.7. The number of nitrogens with two attached hydrogens (primary N) is 1. The summed E-state index contributed by atoms with van der Waals surface area (Å²) in [4.78, 5) is 12.2. The maximum Gasteiger partial charge on any atom is 0.663 e. The van der Waals surface area contributed by atoms with Crippen molar-refractivity contribution in [1.29, 1.82) is 0 Å². The van der Waals surface area contributed by atoms with Crippen molar-refractivity contribution in [2.24, 2.45) is 5.73 Å². The van der Waals surface area contributed by atoms with Gasteiger partial charge in [-0.2, -0.15) is 0 Å². The van der Waals surface area contributed by atoms with Gasteiger partial charge in [0.15, 0.2) is 5.76 Å². The van der Waals surface area contributed by atoms with Crippen molar-refractivity contribution >= 4 is 31.6 Å². The number of hydrogen-bond acceptors (Lipinski definition) is 6. The second-order valence-electron chi connectivity index (χ2n) is 4.61. The van der Waals surface area contributed by atoms with E-state index in [1.165, 1.54) is 18.9 Å². The number of nitrogens with one attached hydrogen (secondary N) is 1. The van der Waals surface area contributed by atoms with E-state index in [4.69, 9.17) is 10.3 Å². The Morgan fingerprint density at radius 3 is 2.62 bits per heavy atom. The SMILES string of the molecule is CCSc1ccc(C(N)=CCN[P+](=O)OC(C)=CC(=O)OC)cc1. The smallest absolute Gasteiger partial charge is 0.466 e. The Kier molecular flexibility index (Phi) is 9.15. The van der Waals surface area contributed by atoms with Crippen LogP contribution in [0.5, 0.6) is 0 Å². The first-order valence-corrected chi connectivity index (χ1v) is 9.46. The molecule has 0 aliphatic carbocycles. The fourth-order valence-corrected chi connectivity index (χ4v) is 2.95. The highest BCUT2D eigenvalue weighted by atomic mass is 32.2. The van der Waals surface area contributed by atoms with E-state index in [9.17, 15) is 9.36 Å².